The van der Waals surface area contributed by atoms with Crippen LogP contribution >= 0.6 is 11.6 Å². The Labute approximate surface area is 76.0 Å². The number of nitrogens with zero attached hydrogens (tertiary/aromatic N) is 1. The summed E-state index contributed by atoms with van der Waals surface area (Å²) < 4.78 is 0. The predicted molar refractivity (Wildman–Crippen MR) is 49.7 cm³/mol. The van der Waals surface area contributed by atoms with Crippen molar-refractivity contribution in [3.63, 3.8) is 0 Å². The van der Waals surface area contributed by atoms with E-state index >= 15 is 0 Å². The number of hydrogen-bond donors (Lipinski definition) is 1. The number of rotatable bonds is 3. The third kappa shape index (κ3) is 1.96. The van der Waals surface area contributed by atoms with Crippen LogP contribution in [0.25, 0.3) is 0 Å². The molecule has 64 valence electrons. The van der Waals surface area contributed by atoms with Gasteiger partial charge in [-0.1, -0.05) is 11.6 Å². The predicted octanol–water partition coefficient (Wildman–Crippen LogP) is 2.31. The van der Waals surface area contributed by atoms with Gasteiger partial charge in [-0.25, -0.2) is 5.06 Å². The average molecular weight is 185 g/mol. The normalized spacial score (nSPS) is 9.50. The lowest BCUT2D eigenvalue weighted by Gasteiger charge is -2.14. The third-order valence-electron chi connectivity index (χ3n) is 1.40. The minimum absolute atomic E-state index is 0.666. The molecule has 1 N–H and O–H groups in total. The van der Waals surface area contributed by atoms with Gasteiger partial charge in [-0.15, -0.1) is 0 Å². The largest absolute Gasteiger partial charge is 0.289 e. The van der Waals surface area contributed by atoms with Crippen molar-refractivity contribution in [1.82, 2.24) is 0 Å². The zero-order valence-electron chi connectivity index (χ0n) is 6.62. The highest BCUT2D eigenvalue weighted by Gasteiger charge is 1.99. The first-order valence-corrected chi connectivity index (χ1v) is 3.75. The van der Waals surface area contributed by atoms with Gasteiger partial charge >= 0.3 is 0 Å². The van der Waals surface area contributed by atoms with Crippen LogP contribution in [-0.2, 0) is 4.84 Å². The van der Waals surface area contributed by atoms with Crippen LogP contribution in [0.5, 0.6) is 0 Å². The van der Waals surface area contributed by atoms with E-state index in [1.165, 1.54) is 12.2 Å². The van der Waals surface area contributed by atoms with Crippen LogP contribution in [0.1, 0.15) is 0 Å². The lowest BCUT2D eigenvalue weighted by Crippen LogP contribution is -2.18. The van der Waals surface area contributed by atoms with E-state index in [1.807, 2.05) is 0 Å². The fourth-order valence-electron chi connectivity index (χ4n) is 0.821. The monoisotopic (exact) mass is 184 g/mol. The topological polar surface area (TPSA) is 36.3 Å². The smallest absolute Gasteiger partial charge is 0.113 e. The van der Waals surface area contributed by atoms with E-state index in [1.54, 1.807) is 24.3 Å². The van der Waals surface area contributed by atoms with Gasteiger partial charge in [0.2, 0.25) is 0 Å². The van der Waals surface area contributed by atoms with Gasteiger partial charge in [0.05, 0.1) is 12.8 Å². The molecular formula is C8H9ClN2O. The Kier molecular flexibility index (Phi) is 3.08. The molecule has 0 saturated carbocycles. The van der Waals surface area contributed by atoms with Gasteiger partial charge in [-0.2, -0.15) is 0 Å². The molecule has 12 heavy (non-hydrogen) atoms. The van der Waals surface area contributed by atoms with Crippen molar-refractivity contribution < 1.29 is 4.84 Å². The van der Waals surface area contributed by atoms with Crippen molar-refractivity contribution in [2.75, 3.05) is 12.2 Å². The van der Waals surface area contributed by atoms with E-state index < -0.39 is 0 Å². The zero-order valence-corrected chi connectivity index (χ0v) is 7.38. The maximum atomic E-state index is 6.99. The fourth-order valence-corrected chi connectivity index (χ4v) is 0.947. The number of benzene rings is 1. The van der Waals surface area contributed by atoms with Gasteiger partial charge in [0.1, 0.15) is 6.34 Å². The number of anilines is 1. The van der Waals surface area contributed by atoms with E-state index in [4.69, 9.17) is 21.8 Å². The molecule has 1 aromatic carbocycles. The summed E-state index contributed by atoms with van der Waals surface area (Å²) in [5.74, 6) is 0. The molecule has 0 aliphatic rings. The Morgan fingerprint density at radius 2 is 2.00 bits per heavy atom. The first-order valence-electron chi connectivity index (χ1n) is 3.37. The molecule has 0 bridgehead atoms. The molecule has 4 heteroatoms. The number of hydroxylamine groups is 1. The van der Waals surface area contributed by atoms with Crippen molar-refractivity contribution >= 4 is 23.6 Å². The summed E-state index contributed by atoms with van der Waals surface area (Å²) in [4.78, 5) is 4.87. The van der Waals surface area contributed by atoms with E-state index in [0.29, 0.717) is 5.02 Å². The number of halogens is 1. The summed E-state index contributed by atoms with van der Waals surface area (Å²) in [6.45, 7) is 0. The molecule has 0 aliphatic carbocycles. The number of hydrogen-bond acceptors (Lipinski definition) is 2. The lowest BCUT2D eigenvalue weighted by atomic mass is 10.3. The average Bonchev–Trinajstić information content (AvgIpc) is 2.10. The highest BCUT2D eigenvalue weighted by Crippen LogP contribution is 2.16. The molecule has 0 unspecified atom stereocenters. The molecule has 0 fully saturated rings. The number of nitrogens with one attached hydrogen (secondary N) is 1. The van der Waals surface area contributed by atoms with E-state index in [2.05, 4.69) is 0 Å². The summed E-state index contributed by atoms with van der Waals surface area (Å²) in [6, 6.07) is 7.03. The maximum absolute atomic E-state index is 6.99. The zero-order chi connectivity index (χ0) is 8.97. The van der Waals surface area contributed by atoms with Crippen LogP contribution in [0.3, 0.4) is 0 Å². The lowest BCUT2D eigenvalue weighted by molar-refractivity contribution is 0.213. The molecule has 0 amide bonds. The first-order chi connectivity index (χ1) is 5.77. The second-order valence-electron chi connectivity index (χ2n) is 2.11. The van der Waals surface area contributed by atoms with Crippen LogP contribution in [-0.4, -0.2) is 13.4 Å². The van der Waals surface area contributed by atoms with Gasteiger partial charge in [-0.3, -0.25) is 10.2 Å². The molecule has 0 aliphatic heterocycles. The van der Waals surface area contributed by atoms with Crippen LogP contribution < -0.4 is 5.06 Å². The minimum atomic E-state index is 0.666. The second kappa shape index (κ2) is 4.09. The molecule has 0 radical (unpaired) electrons. The van der Waals surface area contributed by atoms with Gasteiger partial charge in [0, 0.05) is 5.02 Å². The molecular weight excluding hydrogens is 176 g/mol. The third-order valence-corrected chi connectivity index (χ3v) is 1.65. The molecule has 0 saturated heterocycles. The summed E-state index contributed by atoms with van der Waals surface area (Å²) in [6.07, 6.45) is 1.09. The summed E-state index contributed by atoms with van der Waals surface area (Å²) in [5.41, 5.74) is 0.775. The Morgan fingerprint density at radius 3 is 2.42 bits per heavy atom. The Morgan fingerprint density at radius 1 is 1.42 bits per heavy atom. The van der Waals surface area contributed by atoms with Crippen LogP contribution in [0, 0.1) is 5.41 Å². The fraction of sp³-hybridized carbons (Fsp3) is 0.125. The van der Waals surface area contributed by atoms with Gasteiger partial charge in [0.15, 0.2) is 0 Å². The van der Waals surface area contributed by atoms with Crippen molar-refractivity contribution in [3.8, 4) is 0 Å². The molecule has 1 rings (SSSR count). The maximum Gasteiger partial charge on any atom is 0.113 e. The van der Waals surface area contributed by atoms with Crippen molar-refractivity contribution in [2.24, 2.45) is 0 Å². The van der Waals surface area contributed by atoms with Crippen molar-refractivity contribution in [1.29, 1.82) is 5.41 Å². The van der Waals surface area contributed by atoms with Crippen molar-refractivity contribution in [2.45, 2.75) is 0 Å². The molecule has 0 heterocycles. The van der Waals surface area contributed by atoms with Crippen LogP contribution in [0.15, 0.2) is 24.3 Å². The first kappa shape index (κ1) is 9.03. The standard InChI is InChI=1S/C8H9ClN2O/c1-12-11(6-10)8-4-2-7(9)3-5-8/h2-6,10H,1H3. The van der Waals surface area contributed by atoms with Gasteiger partial charge in [0.25, 0.3) is 0 Å². The highest BCUT2D eigenvalue weighted by atomic mass is 35.5. The minimum Gasteiger partial charge on any atom is -0.289 e. The van der Waals surface area contributed by atoms with Gasteiger partial charge < -0.3 is 0 Å². The van der Waals surface area contributed by atoms with E-state index in [-0.39, 0.29) is 0 Å². The highest BCUT2D eigenvalue weighted by molar-refractivity contribution is 6.30. The summed E-state index contributed by atoms with van der Waals surface area (Å²) in [5, 5.41) is 8.99. The van der Waals surface area contributed by atoms with E-state index in [0.717, 1.165) is 12.0 Å². The molecule has 0 spiro atoms. The Hall–Kier alpha value is -1.06. The molecule has 3 nitrogen and oxygen atoms in total. The Bertz CT molecular complexity index is 260. The summed E-state index contributed by atoms with van der Waals surface area (Å²) in [7, 11) is 1.50. The van der Waals surface area contributed by atoms with Crippen LogP contribution in [0.2, 0.25) is 5.02 Å². The van der Waals surface area contributed by atoms with Crippen LogP contribution in [0.4, 0.5) is 5.69 Å². The quantitative estimate of drug-likeness (QED) is 0.445. The second-order valence-corrected chi connectivity index (χ2v) is 2.55. The van der Waals surface area contributed by atoms with Gasteiger partial charge in [-0.05, 0) is 24.3 Å². The summed E-state index contributed by atoms with van der Waals surface area (Å²) >= 11 is 5.69. The molecule has 1 aromatic rings. The molecule has 0 atom stereocenters. The van der Waals surface area contributed by atoms with Crippen molar-refractivity contribution in [3.05, 3.63) is 29.3 Å². The SMILES string of the molecule is CON(C=N)c1ccc(Cl)cc1. The molecule has 0 aromatic heterocycles. The van der Waals surface area contributed by atoms with E-state index in [9.17, 15) is 0 Å². The Balaban J connectivity index is 2.87.